The molecule has 0 spiro atoms. The molecule has 1 aliphatic heterocycles. The van der Waals surface area contributed by atoms with E-state index in [0.717, 1.165) is 23.2 Å². The first-order valence-corrected chi connectivity index (χ1v) is 9.60. The van der Waals surface area contributed by atoms with Gasteiger partial charge in [0.25, 0.3) is 5.56 Å². The van der Waals surface area contributed by atoms with Crippen LogP contribution in [0.3, 0.4) is 0 Å². The van der Waals surface area contributed by atoms with E-state index in [1.54, 1.807) is 4.57 Å². The molecule has 0 unspecified atom stereocenters. The van der Waals surface area contributed by atoms with Crippen molar-refractivity contribution in [3.8, 4) is 0 Å². The van der Waals surface area contributed by atoms with E-state index in [1.165, 1.54) is 17.2 Å². The van der Waals surface area contributed by atoms with Crippen molar-refractivity contribution in [3.63, 3.8) is 0 Å². The van der Waals surface area contributed by atoms with Gasteiger partial charge in [-0.3, -0.25) is 14.2 Å². The topological polar surface area (TPSA) is 102 Å². The standard InChI is InChI=1S/C20H23N5O4/c1-4-13-5-7-14(8-6-13)23-9-12(2)10-24-16-17(21-19(23)24)22(3)20(29)25(18(16)28)11-15(26)27/h5-8,12H,4,9-11H2,1-3H3,(H,26,27)/t12-/m1/s1. The molecule has 152 valence electrons. The molecule has 0 saturated heterocycles. The lowest BCUT2D eigenvalue weighted by Gasteiger charge is -2.33. The number of carbonyl (C=O) groups is 1. The number of aromatic nitrogens is 4. The van der Waals surface area contributed by atoms with Crippen molar-refractivity contribution >= 4 is 28.8 Å². The number of hydrogen-bond donors (Lipinski definition) is 1. The van der Waals surface area contributed by atoms with Crippen molar-refractivity contribution in [3.05, 3.63) is 50.7 Å². The molecule has 1 atom stereocenters. The second-order valence-corrected chi connectivity index (χ2v) is 7.56. The van der Waals surface area contributed by atoms with Crippen molar-refractivity contribution in [2.24, 2.45) is 13.0 Å². The maximum absolute atomic E-state index is 13.0. The summed E-state index contributed by atoms with van der Waals surface area (Å²) < 4.78 is 3.80. The molecule has 0 radical (unpaired) electrons. The van der Waals surface area contributed by atoms with Crippen LogP contribution >= 0.6 is 0 Å². The van der Waals surface area contributed by atoms with E-state index in [9.17, 15) is 14.4 Å². The third-order valence-electron chi connectivity index (χ3n) is 5.39. The number of imidazole rings is 1. The van der Waals surface area contributed by atoms with Crippen LogP contribution in [0, 0.1) is 5.92 Å². The lowest BCUT2D eigenvalue weighted by molar-refractivity contribution is -0.137. The molecule has 1 aliphatic rings. The number of nitrogens with zero attached hydrogens (tertiary/aromatic N) is 5. The molecule has 0 saturated carbocycles. The second kappa shape index (κ2) is 6.91. The highest BCUT2D eigenvalue weighted by molar-refractivity contribution is 5.77. The second-order valence-electron chi connectivity index (χ2n) is 7.56. The number of aryl methyl sites for hydroxylation is 2. The summed E-state index contributed by atoms with van der Waals surface area (Å²) in [5, 5.41) is 9.10. The van der Waals surface area contributed by atoms with Crippen LogP contribution in [0.1, 0.15) is 19.4 Å². The molecule has 1 N–H and O–H groups in total. The van der Waals surface area contributed by atoms with Crippen molar-refractivity contribution in [1.29, 1.82) is 0 Å². The number of fused-ring (bicyclic) bond motifs is 3. The highest BCUT2D eigenvalue weighted by Crippen LogP contribution is 2.32. The summed E-state index contributed by atoms with van der Waals surface area (Å²) in [6.07, 6.45) is 0.945. The molecule has 9 nitrogen and oxygen atoms in total. The molecule has 0 bridgehead atoms. The van der Waals surface area contributed by atoms with Crippen LogP contribution in [0.2, 0.25) is 0 Å². The first-order valence-electron chi connectivity index (χ1n) is 9.60. The number of carboxylic acids is 1. The van der Waals surface area contributed by atoms with Gasteiger partial charge in [0.05, 0.1) is 0 Å². The Balaban J connectivity index is 1.96. The lowest BCUT2D eigenvalue weighted by Crippen LogP contribution is -2.41. The van der Waals surface area contributed by atoms with E-state index in [2.05, 4.69) is 31.0 Å². The summed E-state index contributed by atoms with van der Waals surface area (Å²) >= 11 is 0. The molecule has 0 aliphatic carbocycles. The molecule has 4 rings (SSSR count). The van der Waals surface area contributed by atoms with Crippen LogP contribution in [0.4, 0.5) is 11.6 Å². The first kappa shape index (κ1) is 19.0. The van der Waals surface area contributed by atoms with E-state index >= 15 is 0 Å². The maximum Gasteiger partial charge on any atom is 0.333 e. The number of benzene rings is 1. The molecule has 29 heavy (non-hydrogen) atoms. The number of hydrogen-bond acceptors (Lipinski definition) is 5. The molecule has 0 fully saturated rings. The van der Waals surface area contributed by atoms with Gasteiger partial charge in [0.2, 0.25) is 5.95 Å². The molecule has 9 heteroatoms. The average molecular weight is 397 g/mol. The number of rotatable bonds is 4. The van der Waals surface area contributed by atoms with Crippen LogP contribution < -0.4 is 16.1 Å². The third kappa shape index (κ3) is 3.02. The van der Waals surface area contributed by atoms with Crippen LogP contribution in [0.15, 0.2) is 33.9 Å². The van der Waals surface area contributed by atoms with Crippen molar-refractivity contribution < 1.29 is 9.90 Å². The van der Waals surface area contributed by atoms with E-state index in [0.29, 0.717) is 12.5 Å². The summed E-state index contributed by atoms with van der Waals surface area (Å²) in [6, 6.07) is 8.19. The summed E-state index contributed by atoms with van der Waals surface area (Å²) in [4.78, 5) is 43.4. The number of carboxylic acid groups (broad SMARTS) is 1. The Labute approximate surface area is 166 Å². The van der Waals surface area contributed by atoms with E-state index in [1.807, 2.05) is 17.0 Å². The maximum atomic E-state index is 13.0. The summed E-state index contributed by atoms with van der Waals surface area (Å²) in [6.45, 7) is 4.79. The Bertz CT molecular complexity index is 1220. The SMILES string of the molecule is CCc1ccc(N2C[C@@H](C)Cn3c2nc2c3c(=O)n(CC(=O)O)c(=O)n2C)cc1. The minimum atomic E-state index is -1.24. The summed E-state index contributed by atoms with van der Waals surface area (Å²) in [5.41, 5.74) is 1.39. The van der Waals surface area contributed by atoms with Gasteiger partial charge in [0, 0.05) is 25.8 Å². The van der Waals surface area contributed by atoms with E-state index in [4.69, 9.17) is 5.11 Å². The van der Waals surface area contributed by atoms with Gasteiger partial charge < -0.3 is 14.6 Å². The molecule has 3 aromatic rings. The molecule has 2 aromatic heterocycles. The van der Waals surface area contributed by atoms with E-state index < -0.39 is 23.8 Å². The predicted octanol–water partition coefficient (Wildman–Crippen LogP) is 1.33. The van der Waals surface area contributed by atoms with Gasteiger partial charge >= 0.3 is 11.7 Å². The zero-order valence-electron chi connectivity index (χ0n) is 16.6. The molecule has 3 heterocycles. The zero-order valence-corrected chi connectivity index (χ0v) is 16.6. The lowest BCUT2D eigenvalue weighted by atomic mass is 10.1. The van der Waals surface area contributed by atoms with Gasteiger partial charge in [-0.05, 0) is 30.0 Å². The highest BCUT2D eigenvalue weighted by Gasteiger charge is 2.30. The first-order chi connectivity index (χ1) is 13.8. The zero-order chi connectivity index (χ0) is 20.9. The summed E-state index contributed by atoms with van der Waals surface area (Å²) in [7, 11) is 1.51. The Hall–Kier alpha value is -3.36. The molecular weight excluding hydrogens is 374 g/mol. The third-order valence-corrected chi connectivity index (χ3v) is 5.39. The van der Waals surface area contributed by atoms with Gasteiger partial charge in [-0.1, -0.05) is 26.0 Å². The van der Waals surface area contributed by atoms with Gasteiger partial charge in [-0.2, -0.15) is 4.98 Å². The number of aliphatic carboxylic acids is 1. The van der Waals surface area contributed by atoms with Crippen molar-refractivity contribution in [1.82, 2.24) is 18.7 Å². The largest absolute Gasteiger partial charge is 0.480 e. The molecular formula is C20H23N5O4. The smallest absolute Gasteiger partial charge is 0.333 e. The molecule has 0 amide bonds. The highest BCUT2D eigenvalue weighted by atomic mass is 16.4. The van der Waals surface area contributed by atoms with Crippen LogP contribution in [-0.4, -0.2) is 36.3 Å². The minimum Gasteiger partial charge on any atom is -0.480 e. The van der Waals surface area contributed by atoms with Crippen LogP contribution in [0.5, 0.6) is 0 Å². The Morgan fingerprint density at radius 2 is 1.90 bits per heavy atom. The monoisotopic (exact) mass is 397 g/mol. The fourth-order valence-corrected chi connectivity index (χ4v) is 3.91. The molecule has 1 aromatic carbocycles. The van der Waals surface area contributed by atoms with Gasteiger partial charge in [-0.15, -0.1) is 0 Å². The Kier molecular flexibility index (Phi) is 4.52. The number of anilines is 2. The predicted molar refractivity (Wildman–Crippen MR) is 109 cm³/mol. The van der Waals surface area contributed by atoms with Gasteiger partial charge in [0.1, 0.15) is 6.54 Å². The quantitative estimate of drug-likeness (QED) is 0.713. The van der Waals surface area contributed by atoms with Crippen molar-refractivity contribution in [2.75, 3.05) is 11.4 Å². The normalized spacial score (nSPS) is 16.2. The van der Waals surface area contributed by atoms with E-state index in [-0.39, 0.29) is 17.1 Å². The van der Waals surface area contributed by atoms with Crippen molar-refractivity contribution in [2.45, 2.75) is 33.4 Å². The fourth-order valence-electron chi connectivity index (χ4n) is 3.91. The van der Waals surface area contributed by atoms with Gasteiger partial charge in [-0.25, -0.2) is 9.36 Å². The average Bonchev–Trinajstić information content (AvgIpc) is 3.08. The Morgan fingerprint density at radius 1 is 1.21 bits per heavy atom. The Morgan fingerprint density at radius 3 is 2.52 bits per heavy atom. The van der Waals surface area contributed by atoms with Gasteiger partial charge in [0.15, 0.2) is 11.2 Å². The summed E-state index contributed by atoms with van der Waals surface area (Å²) in [5.74, 6) is -0.425. The fraction of sp³-hybridized carbons (Fsp3) is 0.400. The minimum absolute atomic E-state index is 0.232. The van der Waals surface area contributed by atoms with Crippen LogP contribution in [-0.2, 0) is 31.4 Å². The van der Waals surface area contributed by atoms with Crippen LogP contribution in [0.25, 0.3) is 11.2 Å².